The van der Waals surface area contributed by atoms with Gasteiger partial charge in [0, 0.05) is 0 Å². The second kappa shape index (κ2) is 4.69. The molecule has 2 N–H and O–H groups in total. The van der Waals surface area contributed by atoms with Gasteiger partial charge in [0.05, 0.1) is 6.73 Å². The molecule has 0 atom stereocenters. The molecule has 0 fully saturated rings. The van der Waals surface area contributed by atoms with Crippen molar-refractivity contribution in [3.05, 3.63) is 0 Å². The largest absolute Gasteiger partial charge is 0.381 e. The van der Waals surface area contributed by atoms with Crippen LogP contribution in [0.15, 0.2) is 0 Å². The van der Waals surface area contributed by atoms with E-state index >= 15 is 0 Å². The summed E-state index contributed by atoms with van der Waals surface area (Å²) >= 11 is 0. The quantitative estimate of drug-likeness (QED) is 0.462. The minimum Gasteiger partial charge on any atom is -0.381 e. The van der Waals surface area contributed by atoms with Crippen LogP contribution in [0.25, 0.3) is 0 Å². The highest BCUT2D eigenvalue weighted by Gasteiger charge is 2.08. The van der Waals surface area contributed by atoms with E-state index in [1.54, 1.807) is 0 Å². The fraction of sp³-hybridized carbons (Fsp3) is 1.00. The van der Waals surface area contributed by atoms with E-state index in [-0.39, 0.29) is 6.73 Å². The molecule has 0 aromatic heterocycles. The SMILES string of the molecule is CC(C)(C)CCCNCO. The summed E-state index contributed by atoms with van der Waals surface area (Å²) in [5, 5.41) is 11.3. The van der Waals surface area contributed by atoms with Crippen LogP contribution in [0.3, 0.4) is 0 Å². The molecule has 0 unspecified atom stereocenters. The van der Waals surface area contributed by atoms with Gasteiger partial charge in [0.15, 0.2) is 0 Å². The van der Waals surface area contributed by atoms with Crippen LogP contribution >= 0.6 is 0 Å². The molecule has 0 aromatic carbocycles. The smallest absolute Gasteiger partial charge is 0.0931 e. The molecular formula is C8H19NO. The molecule has 0 aliphatic heterocycles. The molecule has 0 aliphatic carbocycles. The van der Waals surface area contributed by atoms with Crippen molar-refractivity contribution in [2.45, 2.75) is 33.6 Å². The van der Waals surface area contributed by atoms with Crippen molar-refractivity contribution in [2.24, 2.45) is 5.41 Å². The molecule has 0 amide bonds. The third kappa shape index (κ3) is 7.92. The van der Waals surface area contributed by atoms with Gasteiger partial charge >= 0.3 is 0 Å². The van der Waals surface area contributed by atoms with Crippen LogP contribution in [0.5, 0.6) is 0 Å². The van der Waals surface area contributed by atoms with Crippen molar-refractivity contribution in [3.8, 4) is 0 Å². The van der Waals surface area contributed by atoms with Crippen molar-refractivity contribution >= 4 is 0 Å². The Bertz CT molecular complexity index is 75.8. The topological polar surface area (TPSA) is 32.3 Å². The molecule has 0 radical (unpaired) electrons. The third-order valence-corrected chi connectivity index (χ3v) is 1.39. The van der Waals surface area contributed by atoms with Crippen molar-refractivity contribution in [2.75, 3.05) is 13.3 Å². The van der Waals surface area contributed by atoms with Crippen LogP contribution < -0.4 is 5.32 Å². The minimum absolute atomic E-state index is 0.101. The molecule has 0 bridgehead atoms. The van der Waals surface area contributed by atoms with Gasteiger partial charge in [-0.1, -0.05) is 20.8 Å². The molecule has 2 heteroatoms. The van der Waals surface area contributed by atoms with E-state index in [0.717, 1.165) is 13.0 Å². The summed E-state index contributed by atoms with van der Waals surface area (Å²) in [6, 6.07) is 0. The first-order chi connectivity index (χ1) is 4.56. The predicted molar refractivity (Wildman–Crippen MR) is 43.8 cm³/mol. The summed E-state index contributed by atoms with van der Waals surface area (Å²) in [5.41, 5.74) is 0.428. The molecule has 0 heterocycles. The van der Waals surface area contributed by atoms with Crippen LogP contribution in [0.2, 0.25) is 0 Å². The van der Waals surface area contributed by atoms with Gasteiger partial charge < -0.3 is 5.11 Å². The molecule has 2 nitrogen and oxygen atoms in total. The molecule has 0 rings (SSSR count). The summed E-state index contributed by atoms with van der Waals surface area (Å²) < 4.78 is 0. The minimum atomic E-state index is 0.101. The van der Waals surface area contributed by atoms with Gasteiger partial charge in [0.1, 0.15) is 0 Å². The monoisotopic (exact) mass is 145 g/mol. The van der Waals surface area contributed by atoms with Crippen molar-refractivity contribution < 1.29 is 5.11 Å². The molecule has 10 heavy (non-hydrogen) atoms. The lowest BCUT2D eigenvalue weighted by molar-refractivity contribution is 0.254. The zero-order chi connectivity index (χ0) is 8.04. The summed E-state index contributed by atoms with van der Waals surface area (Å²) in [7, 11) is 0. The number of hydrogen-bond acceptors (Lipinski definition) is 2. The fourth-order valence-electron chi connectivity index (χ4n) is 0.823. The van der Waals surface area contributed by atoms with Gasteiger partial charge in [-0.3, -0.25) is 5.32 Å². The number of aliphatic hydroxyl groups is 1. The van der Waals surface area contributed by atoms with Gasteiger partial charge in [0.2, 0.25) is 0 Å². The van der Waals surface area contributed by atoms with E-state index in [2.05, 4.69) is 26.1 Å². The fourth-order valence-corrected chi connectivity index (χ4v) is 0.823. The highest BCUT2D eigenvalue weighted by Crippen LogP contribution is 2.19. The zero-order valence-electron chi connectivity index (χ0n) is 7.28. The predicted octanol–water partition coefficient (Wildman–Crippen LogP) is 1.35. The van der Waals surface area contributed by atoms with Crippen LogP contribution in [0.1, 0.15) is 33.6 Å². The molecule has 0 spiro atoms. The lowest BCUT2D eigenvalue weighted by Crippen LogP contribution is -2.17. The van der Waals surface area contributed by atoms with E-state index in [0.29, 0.717) is 5.41 Å². The van der Waals surface area contributed by atoms with E-state index in [1.807, 2.05) is 0 Å². The summed E-state index contributed by atoms with van der Waals surface area (Å²) in [6.07, 6.45) is 2.35. The Balaban J connectivity index is 3.04. The Morgan fingerprint density at radius 3 is 2.30 bits per heavy atom. The maximum atomic E-state index is 8.38. The van der Waals surface area contributed by atoms with E-state index < -0.39 is 0 Å². The molecule has 0 saturated carbocycles. The Morgan fingerprint density at radius 1 is 1.30 bits per heavy atom. The maximum absolute atomic E-state index is 8.38. The number of nitrogens with one attached hydrogen (secondary N) is 1. The first-order valence-corrected chi connectivity index (χ1v) is 3.88. The van der Waals surface area contributed by atoms with Gasteiger partial charge in [0.25, 0.3) is 0 Å². The van der Waals surface area contributed by atoms with Gasteiger partial charge in [-0.25, -0.2) is 0 Å². The van der Waals surface area contributed by atoms with Crippen LogP contribution in [-0.4, -0.2) is 18.4 Å². The molecule has 0 aromatic rings. The van der Waals surface area contributed by atoms with Crippen LogP contribution in [0.4, 0.5) is 0 Å². The van der Waals surface area contributed by atoms with Crippen molar-refractivity contribution in [3.63, 3.8) is 0 Å². The van der Waals surface area contributed by atoms with Crippen molar-refractivity contribution in [1.29, 1.82) is 0 Å². The maximum Gasteiger partial charge on any atom is 0.0931 e. The Kier molecular flexibility index (Phi) is 4.65. The standard InChI is InChI=1S/C8H19NO/c1-8(2,3)5-4-6-9-7-10/h9-10H,4-7H2,1-3H3. The average molecular weight is 145 g/mol. The third-order valence-electron chi connectivity index (χ3n) is 1.39. The highest BCUT2D eigenvalue weighted by molar-refractivity contribution is 4.61. The Hall–Kier alpha value is -0.0800. The normalized spacial score (nSPS) is 12.0. The molecule has 0 aliphatic rings. The first kappa shape index (κ1) is 9.92. The van der Waals surface area contributed by atoms with Gasteiger partial charge in [-0.05, 0) is 24.8 Å². The van der Waals surface area contributed by atoms with Crippen LogP contribution in [0, 0.1) is 5.41 Å². The Morgan fingerprint density at radius 2 is 1.90 bits per heavy atom. The van der Waals surface area contributed by atoms with E-state index in [4.69, 9.17) is 5.11 Å². The van der Waals surface area contributed by atoms with Crippen molar-refractivity contribution in [1.82, 2.24) is 5.32 Å². The second-order valence-corrected chi connectivity index (χ2v) is 3.82. The lowest BCUT2D eigenvalue weighted by atomic mass is 9.91. The van der Waals surface area contributed by atoms with Gasteiger partial charge in [-0.2, -0.15) is 0 Å². The number of aliphatic hydroxyl groups excluding tert-OH is 1. The molecular weight excluding hydrogens is 126 g/mol. The number of hydrogen-bond donors (Lipinski definition) is 2. The van der Waals surface area contributed by atoms with E-state index in [1.165, 1.54) is 6.42 Å². The van der Waals surface area contributed by atoms with Gasteiger partial charge in [-0.15, -0.1) is 0 Å². The summed E-state index contributed by atoms with van der Waals surface area (Å²) in [4.78, 5) is 0. The average Bonchev–Trinajstić information content (AvgIpc) is 1.78. The zero-order valence-corrected chi connectivity index (χ0v) is 7.28. The second-order valence-electron chi connectivity index (χ2n) is 3.82. The van der Waals surface area contributed by atoms with E-state index in [9.17, 15) is 0 Å². The first-order valence-electron chi connectivity index (χ1n) is 3.88. The lowest BCUT2D eigenvalue weighted by Gasteiger charge is -2.17. The summed E-state index contributed by atoms with van der Waals surface area (Å²) in [6.45, 7) is 7.71. The summed E-state index contributed by atoms with van der Waals surface area (Å²) in [5.74, 6) is 0. The highest BCUT2D eigenvalue weighted by atomic mass is 16.3. The van der Waals surface area contributed by atoms with Crippen LogP contribution in [-0.2, 0) is 0 Å². The Labute approximate surface area is 63.6 Å². The molecule has 0 saturated heterocycles. The number of rotatable bonds is 4. The molecule has 62 valence electrons.